The molecule has 8 heteroatoms. The van der Waals surface area contributed by atoms with Gasteiger partial charge in [0.25, 0.3) is 0 Å². The Morgan fingerprint density at radius 2 is 1.15 bits per heavy atom. The van der Waals surface area contributed by atoms with Crippen LogP contribution in [-0.4, -0.2) is 45.7 Å². The summed E-state index contributed by atoms with van der Waals surface area (Å²) in [5.74, 6) is -1.80. The maximum atomic E-state index is 11.1. The van der Waals surface area contributed by atoms with Gasteiger partial charge >= 0.3 is 11.9 Å². The molecular formula is C12H24N2O4S2. The molecule has 0 saturated carbocycles. The number of rotatable bonds is 13. The highest BCUT2D eigenvalue weighted by atomic mass is 33.1. The summed E-state index contributed by atoms with van der Waals surface area (Å²) in [6.07, 6.45) is 4.08. The van der Waals surface area contributed by atoms with Crippen LogP contribution in [0.3, 0.4) is 0 Å². The van der Waals surface area contributed by atoms with Crippen molar-refractivity contribution < 1.29 is 19.8 Å². The standard InChI is InChI=1S/C12H24N2O4S2/c13-7-3-1-5-9(11(15)16)19-20-10(12(17)18)6-2-4-8-14/h9-10H,1-8,13-14H2,(H,15,16)(H,17,18). The van der Waals surface area contributed by atoms with Gasteiger partial charge in [-0.25, -0.2) is 0 Å². The average Bonchev–Trinajstić information content (AvgIpc) is 2.39. The first-order chi connectivity index (χ1) is 9.52. The Morgan fingerprint density at radius 1 is 0.800 bits per heavy atom. The van der Waals surface area contributed by atoms with Crippen molar-refractivity contribution >= 4 is 33.5 Å². The van der Waals surface area contributed by atoms with Crippen LogP contribution >= 0.6 is 21.6 Å². The smallest absolute Gasteiger partial charge is 0.317 e. The summed E-state index contributed by atoms with van der Waals surface area (Å²) >= 11 is 0. The van der Waals surface area contributed by atoms with Gasteiger partial charge < -0.3 is 21.7 Å². The Hall–Kier alpha value is -0.440. The third-order valence-corrected chi connectivity index (χ3v) is 5.86. The third kappa shape index (κ3) is 9.46. The van der Waals surface area contributed by atoms with E-state index < -0.39 is 22.4 Å². The highest BCUT2D eigenvalue weighted by Crippen LogP contribution is 2.35. The van der Waals surface area contributed by atoms with Crippen LogP contribution in [0.4, 0.5) is 0 Å². The molecule has 0 aromatic rings. The molecule has 0 radical (unpaired) electrons. The molecule has 0 aliphatic rings. The first kappa shape index (κ1) is 19.6. The van der Waals surface area contributed by atoms with E-state index in [1.807, 2.05) is 0 Å². The number of hydrogen-bond acceptors (Lipinski definition) is 6. The predicted molar refractivity (Wildman–Crippen MR) is 83.8 cm³/mol. The summed E-state index contributed by atoms with van der Waals surface area (Å²) in [7, 11) is 2.28. The molecule has 2 unspecified atom stereocenters. The summed E-state index contributed by atoms with van der Waals surface area (Å²) in [5, 5.41) is 17.1. The molecule has 6 nitrogen and oxygen atoms in total. The molecule has 0 rings (SSSR count). The normalized spacial score (nSPS) is 13.9. The van der Waals surface area contributed by atoms with Crippen molar-refractivity contribution in [1.29, 1.82) is 0 Å². The molecule has 2 atom stereocenters. The van der Waals surface area contributed by atoms with Crippen molar-refractivity contribution in [1.82, 2.24) is 0 Å². The van der Waals surface area contributed by atoms with E-state index in [4.69, 9.17) is 21.7 Å². The Kier molecular flexibility index (Phi) is 12.0. The van der Waals surface area contributed by atoms with E-state index >= 15 is 0 Å². The number of carboxylic acid groups (broad SMARTS) is 2. The molecule has 118 valence electrons. The maximum Gasteiger partial charge on any atom is 0.317 e. The monoisotopic (exact) mass is 324 g/mol. The van der Waals surface area contributed by atoms with Crippen molar-refractivity contribution in [3.05, 3.63) is 0 Å². The van der Waals surface area contributed by atoms with Crippen LogP contribution in [-0.2, 0) is 9.59 Å². The topological polar surface area (TPSA) is 127 Å². The van der Waals surface area contributed by atoms with Crippen LogP contribution in [0, 0.1) is 0 Å². The van der Waals surface area contributed by atoms with Gasteiger partial charge in [-0.2, -0.15) is 0 Å². The first-order valence-corrected chi connectivity index (χ1v) is 8.98. The third-order valence-electron chi connectivity index (χ3n) is 2.68. The quantitative estimate of drug-likeness (QED) is 0.297. The van der Waals surface area contributed by atoms with Gasteiger partial charge in [0.05, 0.1) is 0 Å². The van der Waals surface area contributed by atoms with Gasteiger partial charge in [-0.15, -0.1) is 0 Å². The Bertz CT molecular complexity index is 265. The zero-order valence-corrected chi connectivity index (χ0v) is 13.1. The lowest BCUT2D eigenvalue weighted by Gasteiger charge is -2.15. The van der Waals surface area contributed by atoms with E-state index in [0.717, 1.165) is 47.3 Å². The maximum absolute atomic E-state index is 11.1. The number of carboxylic acids is 2. The molecule has 6 N–H and O–H groups in total. The minimum Gasteiger partial charge on any atom is -0.480 e. The molecule has 0 amide bonds. The number of nitrogens with two attached hydrogens (primary N) is 2. The van der Waals surface area contributed by atoms with Crippen LogP contribution in [0.1, 0.15) is 38.5 Å². The van der Waals surface area contributed by atoms with Gasteiger partial charge in [-0.3, -0.25) is 9.59 Å². The van der Waals surface area contributed by atoms with E-state index in [-0.39, 0.29) is 0 Å². The highest BCUT2D eigenvalue weighted by molar-refractivity contribution is 8.77. The number of carbonyl (C=O) groups is 2. The molecule has 0 aromatic carbocycles. The highest BCUT2D eigenvalue weighted by Gasteiger charge is 2.24. The van der Waals surface area contributed by atoms with Crippen molar-refractivity contribution in [3.63, 3.8) is 0 Å². The second-order valence-corrected chi connectivity index (χ2v) is 7.09. The summed E-state index contributed by atoms with van der Waals surface area (Å²) in [4.78, 5) is 22.2. The predicted octanol–water partition coefficient (Wildman–Crippen LogP) is 1.53. The van der Waals surface area contributed by atoms with Crippen molar-refractivity contribution in [2.45, 2.75) is 49.0 Å². The zero-order valence-electron chi connectivity index (χ0n) is 11.5. The molecule has 0 spiro atoms. The number of unbranched alkanes of at least 4 members (excludes halogenated alkanes) is 2. The summed E-state index contributed by atoms with van der Waals surface area (Å²) in [6, 6.07) is 0. The zero-order chi connectivity index (χ0) is 15.4. The van der Waals surface area contributed by atoms with Crippen molar-refractivity contribution in [3.8, 4) is 0 Å². The van der Waals surface area contributed by atoms with E-state index in [2.05, 4.69) is 0 Å². The lowest BCUT2D eigenvalue weighted by atomic mass is 10.2. The second kappa shape index (κ2) is 12.3. The number of hydrogen-bond donors (Lipinski definition) is 4. The number of aliphatic carboxylic acids is 2. The van der Waals surface area contributed by atoms with E-state index in [1.165, 1.54) is 0 Å². The lowest BCUT2D eigenvalue weighted by Crippen LogP contribution is -2.19. The van der Waals surface area contributed by atoms with Crippen molar-refractivity contribution in [2.75, 3.05) is 13.1 Å². The van der Waals surface area contributed by atoms with Crippen LogP contribution < -0.4 is 11.5 Å². The summed E-state index contributed by atoms with van der Waals surface area (Å²) in [5.41, 5.74) is 10.7. The second-order valence-electron chi connectivity index (χ2n) is 4.42. The molecule has 0 aliphatic carbocycles. The van der Waals surface area contributed by atoms with Crippen LogP contribution in [0.15, 0.2) is 0 Å². The van der Waals surface area contributed by atoms with Crippen LogP contribution in [0.2, 0.25) is 0 Å². The Morgan fingerprint density at radius 3 is 1.40 bits per heavy atom. The van der Waals surface area contributed by atoms with Gasteiger partial charge in [0.15, 0.2) is 0 Å². The van der Waals surface area contributed by atoms with Crippen LogP contribution in [0.25, 0.3) is 0 Å². The van der Waals surface area contributed by atoms with Gasteiger partial charge in [-0.1, -0.05) is 34.4 Å². The molecule has 0 heterocycles. The van der Waals surface area contributed by atoms with Crippen molar-refractivity contribution in [2.24, 2.45) is 11.5 Å². The van der Waals surface area contributed by atoms with E-state index in [9.17, 15) is 9.59 Å². The molecular weight excluding hydrogens is 300 g/mol. The molecule has 0 aromatic heterocycles. The fourth-order valence-electron chi connectivity index (χ4n) is 1.51. The fraction of sp³-hybridized carbons (Fsp3) is 0.833. The minimum absolute atomic E-state index is 0.513. The van der Waals surface area contributed by atoms with Gasteiger partial charge in [0.1, 0.15) is 10.5 Å². The molecule has 0 saturated heterocycles. The van der Waals surface area contributed by atoms with E-state index in [1.54, 1.807) is 0 Å². The SMILES string of the molecule is NCCCCC(SSC(CCCCN)C(=O)O)C(=O)O. The molecule has 0 fully saturated rings. The average molecular weight is 324 g/mol. The van der Waals surface area contributed by atoms with Gasteiger partial charge in [0, 0.05) is 0 Å². The van der Waals surface area contributed by atoms with Gasteiger partial charge in [-0.05, 0) is 38.8 Å². The lowest BCUT2D eigenvalue weighted by molar-refractivity contribution is -0.137. The molecule has 20 heavy (non-hydrogen) atoms. The molecule has 0 bridgehead atoms. The van der Waals surface area contributed by atoms with Gasteiger partial charge in [0.2, 0.25) is 0 Å². The molecule has 0 aliphatic heterocycles. The fourth-order valence-corrected chi connectivity index (χ4v) is 4.34. The minimum atomic E-state index is -0.898. The Balaban J connectivity index is 4.18. The Labute approximate surface area is 127 Å². The first-order valence-electron chi connectivity index (χ1n) is 6.70. The van der Waals surface area contributed by atoms with Crippen LogP contribution in [0.5, 0.6) is 0 Å². The summed E-state index contributed by atoms with van der Waals surface area (Å²) < 4.78 is 0. The van der Waals surface area contributed by atoms with E-state index in [0.29, 0.717) is 25.9 Å². The summed E-state index contributed by atoms with van der Waals surface area (Å²) in [6.45, 7) is 1.09. The largest absolute Gasteiger partial charge is 0.480 e.